The Balaban J connectivity index is 1.69. The van der Waals surface area contributed by atoms with Gasteiger partial charge in [0.15, 0.2) is 0 Å². The third-order valence-corrected chi connectivity index (χ3v) is 5.07. The second-order valence-electron chi connectivity index (χ2n) is 6.76. The fourth-order valence-electron chi connectivity index (χ4n) is 4.31. The predicted octanol–water partition coefficient (Wildman–Crippen LogP) is 2.39. The van der Waals surface area contributed by atoms with E-state index in [0.717, 1.165) is 18.0 Å². The SMILES string of the molecule is CC1(C)CC(N2CCCC3CCCC32)CN1. The topological polar surface area (TPSA) is 15.3 Å². The van der Waals surface area contributed by atoms with E-state index in [1.807, 2.05) is 0 Å². The fourth-order valence-corrected chi connectivity index (χ4v) is 4.31. The summed E-state index contributed by atoms with van der Waals surface area (Å²) < 4.78 is 0. The summed E-state index contributed by atoms with van der Waals surface area (Å²) in [6, 6.07) is 1.76. The highest BCUT2D eigenvalue weighted by atomic mass is 15.2. The van der Waals surface area contributed by atoms with Crippen LogP contribution in [-0.4, -0.2) is 35.6 Å². The number of likely N-dealkylation sites (tertiary alicyclic amines) is 1. The second-order valence-corrected chi connectivity index (χ2v) is 6.76. The minimum atomic E-state index is 0.371. The zero-order valence-corrected chi connectivity index (χ0v) is 10.8. The van der Waals surface area contributed by atoms with Gasteiger partial charge in [-0.15, -0.1) is 0 Å². The van der Waals surface area contributed by atoms with Crippen molar-refractivity contribution in [3.05, 3.63) is 0 Å². The van der Waals surface area contributed by atoms with Crippen molar-refractivity contribution in [3.8, 4) is 0 Å². The molecule has 3 fully saturated rings. The summed E-state index contributed by atoms with van der Waals surface area (Å²) >= 11 is 0. The highest BCUT2D eigenvalue weighted by molar-refractivity contribution is 4.99. The van der Waals surface area contributed by atoms with E-state index in [9.17, 15) is 0 Å². The van der Waals surface area contributed by atoms with E-state index in [2.05, 4.69) is 24.1 Å². The van der Waals surface area contributed by atoms with Crippen LogP contribution in [0, 0.1) is 5.92 Å². The molecule has 2 heteroatoms. The lowest BCUT2D eigenvalue weighted by molar-refractivity contribution is 0.0727. The summed E-state index contributed by atoms with van der Waals surface area (Å²) in [4.78, 5) is 2.86. The van der Waals surface area contributed by atoms with Crippen LogP contribution in [0.1, 0.15) is 52.4 Å². The van der Waals surface area contributed by atoms with E-state index in [1.54, 1.807) is 0 Å². The first-order valence-electron chi connectivity index (χ1n) is 7.16. The van der Waals surface area contributed by atoms with Gasteiger partial charge < -0.3 is 5.32 Å². The molecule has 2 heterocycles. The Morgan fingerprint density at radius 3 is 2.69 bits per heavy atom. The molecule has 0 spiro atoms. The lowest BCUT2D eigenvalue weighted by atomic mass is 9.89. The molecule has 2 aliphatic heterocycles. The van der Waals surface area contributed by atoms with Crippen molar-refractivity contribution in [2.75, 3.05) is 13.1 Å². The van der Waals surface area contributed by atoms with Gasteiger partial charge in [0.05, 0.1) is 0 Å². The first-order chi connectivity index (χ1) is 7.66. The fraction of sp³-hybridized carbons (Fsp3) is 1.00. The number of hydrogen-bond donors (Lipinski definition) is 1. The van der Waals surface area contributed by atoms with Crippen LogP contribution in [0.5, 0.6) is 0 Å². The minimum absolute atomic E-state index is 0.371. The first kappa shape index (κ1) is 11.0. The Kier molecular flexibility index (Phi) is 2.75. The van der Waals surface area contributed by atoms with Gasteiger partial charge in [0.2, 0.25) is 0 Å². The van der Waals surface area contributed by atoms with Crippen molar-refractivity contribution in [1.29, 1.82) is 0 Å². The van der Waals surface area contributed by atoms with Gasteiger partial charge in [-0.25, -0.2) is 0 Å². The van der Waals surface area contributed by atoms with E-state index < -0.39 is 0 Å². The molecule has 3 rings (SSSR count). The van der Waals surface area contributed by atoms with Gasteiger partial charge in [-0.3, -0.25) is 4.90 Å². The maximum Gasteiger partial charge on any atom is 0.0241 e. The standard InChI is InChI=1S/C14H26N2/c1-14(2)9-12(10-15-14)16-8-4-6-11-5-3-7-13(11)16/h11-13,15H,3-10H2,1-2H3. The third-order valence-electron chi connectivity index (χ3n) is 5.07. The molecule has 1 N–H and O–H groups in total. The zero-order chi connectivity index (χ0) is 11.2. The van der Waals surface area contributed by atoms with Crippen molar-refractivity contribution in [2.45, 2.75) is 70.0 Å². The first-order valence-corrected chi connectivity index (χ1v) is 7.16. The smallest absolute Gasteiger partial charge is 0.0241 e. The molecule has 3 unspecified atom stereocenters. The molecule has 0 amide bonds. The van der Waals surface area contributed by atoms with Gasteiger partial charge in [0, 0.05) is 24.2 Å². The average Bonchev–Trinajstić information content (AvgIpc) is 2.83. The van der Waals surface area contributed by atoms with Gasteiger partial charge in [0.25, 0.3) is 0 Å². The molecule has 1 aliphatic carbocycles. The molecule has 0 aromatic heterocycles. The van der Waals surface area contributed by atoms with Crippen LogP contribution in [0.3, 0.4) is 0 Å². The summed E-state index contributed by atoms with van der Waals surface area (Å²) in [7, 11) is 0. The Morgan fingerprint density at radius 2 is 1.94 bits per heavy atom. The number of fused-ring (bicyclic) bond motifs is 1. The number of nitrogens with one attached hydrogen (secondary N) is 1. The van der Waals surface area contributed by atoms with Crippen LogP contribution < -0.4 is 5.32 Å². The lowest BCUT2D eigenvalue weighted by Crippen LogP contribution is -2.49. The lowest BCUT2D eigenvalue weighted by Gasteiger charge is -2.41. The van der Waals surface area contributed by atoms with Gasteiger partial charge in [-0.2, -0.15) is 0 Å². The van der Waals surface area contributed by atoms with E-state index in [1.165, 1.54) is 51.6 Å². The number of piperidine rings is 1. The summed E-state index contributed by atoms with van der Waals surface area (Å²) in [6.45, 7) is 7.28. The molecule has 0 aromatic carbocycles. The van der Waals surface area contributed by atoms with Crippen LogP contribution in [0.2, 0.25) is 0 Å². The highest BCUT2D eigenvalue weighted by Crippen LogP contribution is 2.39. The highest BCUT2D eigenvalue weighted by Gasteiger charge is 2.41. The van der Waals surface area contributed by atoms with Crippen molar-refractivity contribution >= 4 is 0 Å². The van der Waals surface area contributed by atoms with E-state index >= 15 is 0 Å². The third kappa shape index (κ3) is 1.91. The van der Waals surface area contributed by atoms with Gasteiger partial charge in [-0.05, 0) is 58.4 Å². The van der Waals surface area contributed by atoms with Crippen molar-refractivity contribution in [1.82, 2.24) is 10.2 Å². The number of rotatable bonds is 1. The molecule has 0 radical (unpaired) electrons. The monoisotopic (exact) mass is 222 g/mol. The zero-order valence-electron chi connectivity index (χ0n) is 10.8. The maximum absolute atomic E-state index is 3.68. The molecule has 16 heavy (non-hydrogen) atoms. The summed E-state index contributed by atoms with van der Waals surface area (Å²) in [5.41, 5.74) is 0.371. The Bertz CT molecular complexity index is 261. The van der Waals surface area contributed by atoms with Crippen molar-refractivity contribution < 1.29 is 0 Å². The number of hydrogen-bond acceptors (Lipinski definition) is 2. The van der Waals surface area contributed by atoms with Gasteiger partial charge >= 0.3 is 0 Å². The van der Waals surface area contributed by atoms with Crippen molar-refractivity contribution in [2.24, 2.45) is 5.92 Å². The van der Waals surface area contributed by atoms with Crippen LogP contribution in [-0.2, 0) is 0 Å². The summed E-state index contributed by atoms with van der Waals surface area (Å²) in [5, 5.41) is 3.68. The van der Waals surface area contributed by atoms with Gasteiger partial charge in [-0.1, -0.05) is 6.42 Å². The van der Waals surface area contributed by atoms with Gasteiger partial charge in [0.1, 0.15) is 0 Å². The van der Waals surface area contributed by atoms with Crippen LogP contribution in [0.15, 0.2) is 0 Å². The Hall–Kier alpha value is -0.0800. The molecule has 92 valence electrons. The Morgan fingerprint density at radius 1 is 1.12 bits per heavy atom. The number of nitrogens with zero attached hydrogens (tertiary/aromatic N) is 1. The molecule has 3 aliphatic rings. The molecular weight excluding hydrogens is 196 g/mol. The van der Waals surface area contributed by atoms with E-state index in [0.29, 0.717) is 5.54 Å². The summed E-state index contributed by atoms with van der Waals surface area (Å²) in [6.07, 6.45) is 8.75. The Labute approximate surface area is 99.8 Å². The van der Waals surface area contributed by atoms with Crippen molar-refractivity contribution in [3.63, 3.8) is 0 Å². The molecule has 0 bridgehead atoms. The maximum atomic E-state index is 3.68. The predicted molar refractivity (Wildman–Crippen MR) is 67.6 cm³/mol. The second kappa shape index (κ2) is 3.99. The molecule has 1 saturated carbocycles. The summed E-state index contributed by atoms with van der Waals surface area (Å²) in [5.74, 6) is 1.04. The largest absolute Gasteiger partial charge is 0.310 e. The van der Waals surface area contributed by atoms with Crippen LogP contribution in [0.25, 0.3) is 0 Å². The quantitative estimate of drug-likeness (QED) is 0.733. The molecule has 2 nitrogen and oxygen atoms in total. The van der Waals surface area contributed by atoms with Crippen LogP contribution >= 0.6 is 0 Å². The average molecular weight is 222 g/mol. The molecule has 3 atom stereocenters. The minimum Gasteiger partial charge on any atom is -0.310 e. The normalized spacial score (nSPS) is 43.5. The molecule has 2 saturated heterocycles. The molecular formula is C14H26N2. The van der Waals surface area contributed by atoms with E-state index in [-0.39, 0.29) is 0 Å². The van der Waals surface area contributed by atoms with Crippen LogP contribution in [0.4, 0.5) is 0 Å². The van der Waals surface area contributed by atoms with E-state index in [4.69, 9.17) is 0 Å². The molecule has 0 aromatic rings.